The Morgan fingerprint density at radius 3 is 3.04 bits per heavy atom. The number of carbonyl (C=O) groups excluding carboxylic acids is 1. The SMILES string of the molecule is COc1cccc(-n2c(NC(=O)CC3CSCCN3)nc3ccccc32)c1. The molecule has 1 aromatic heterocycles. The molecule has 140 valence electrons. The summed E-state index contributed by atoms with van der Waals surface area (Å²) in [6.45, 7) is 0.949. The molecule has 2 heterocycles. The number of fused-ring (bicyclic) bond motifs is 1. The summed E-state index contributed by atoms with van der Waals surface area (Å²) in [5.74, 6) is 3.31. The van der Waals surface area contributed by atoms with E-state index < -0.39 is 0 Å². The number of ether oxygens (including phenoxy) is 1. The Bertz CT molecular complexity index is 950. The predicted molar refractivity (Wildman–Crippen MR) is 110 cm³/mol. The van der Waals surface area contributed by atoms with E-state index in [1.54, 1.807) is 7.11 Å². The second-order valence-corrected chi connectivity index (χ2v) is 7.59. The van der Waals surface area contributed by atoms with Gasteiger partial charge < -0.3 is 10.1 Å². The smallest absolute Gasteiger partial charge is 0.228 e. The molecule has 2 aromatic carbocycles. The lowest BCUT2D eigenvalue weighted by Gasteiger charge is -2.22. The molecule has 7 heteroatoms. The number of imidazole rings is 1. The number of thioether (sulfide) groups is 1. The van der Waals surface area contributed by atoms with E-state index in [1.165, 1.54) is 0 Å². The zero-order chi connectivity index (χ0) is 18.6. The van der Waals surface area contributed by atoms with Crippen molar-refractivity contribution in [2.45, 2.75) is 12.5 Å². The first kappa shape index (κ1) is 17.9. The van der Waals surface area contributed by atoms with E-state index in [1.807, 2.05) is 64.9 Å². The second-order valence-electron chi connectivity index (χ2n) is 6.44. The molecular formula is C20H22N4O2S. The molecule has 1 amide bonds. The fraction of sp³-hybridized carbons (Fsp3) is 0.300. The van der Waals surface area contributed by atoms with Gasteiger partial charge in [0.2, 0.25) is 11.9 Å². The summed E-state index contributed by atoms with van der Waals surface area (Å²) in [7, 11) is 1.64. The number of hydrogen-bond donors (Lipinski definition) is 2. The van der Waals surface area contributed by atoms with Crippen molar-refractivity contribution < 1.29 is 9.53 Å². The number of benzene rings is 2. The number of nitrogens with zero attached hydrogens (tertiary/aromatic N) is 2. The molecule has 0 radical (unpaired) electrons. The van der Waals surface area contributed by atoms with E-state index in [9.17, 15) is 4.79 Å². The van der Waals surface area contributed by atoms with Crippen LogP contribution in [0.3, 0.4) is 0 Å². The number of rotatable bonds is 5. The zero-order valence-corrected chi connectivity index (χ0v) is 16.0. The number of methoxy groups -OCH3 is 1. The Labute approximate surface area is 162 Å². The topological polar surface area (TPSA) is 68.2 Å². The Hall–Kier alpha value is -2.51. The molecule has 4 rings (SSSR count). The highest BCUT2D eigenvalue weighted by atomic mass is 32.2. The third-order valence-corrected chi connectivity index (χ3v) is 5.68. The van der Waals surface area contributed by atoms with Crippen molar-refractivity contribution in [1.29, 1.82) is 0 Å². The van der Waals surface area contributed by atoms with Gasteiger partial charge in [0.05, 0.1) is 23.8 Å². The van der Waals surface area contributed by atoms with Gasteiger partial charge in [-0.25, -0.2) is 4.98 Å². The average molecular weight is 382 g/mol. The molecule has 1 atom stereocenters. The van der Waals surface area contributed by atoms with Crippen LogP contribution < -0.4 is 15.4 Å². The van der Waals surface area contributed by atoms with Crippen LogP contribution in [0.5, 0.6) is 5.75 Å². The minimum absolute atomic E-state index is 0.0329. The molecule has 2 N–H and O–H groups in total. The molecule has 0 bridgehead atoms. The first-order valence-electron chi connectivity index (χ1n) is 8.97. The van der Waals surface area contributed by atoms with Gasteiger partial charge in [-0.2, -0.15) is 11.8 Å². The van der Waals surface area contributed by atoms with Gasteiger partial charge in [-0.05, 0) is 24.3 Å². The highest BCUT2D eigenvalue weighted by Crippen LogP contribution is 2.27. The lowest BCUT2D eigenvalue weighted by atomic mass is 10.2. The van der Waals surface area contributed by atoms with Gasteiger partial charge in [-0.3, -0.25) is 14.7 Å². The lowest BCUT2D eigenvalue weighted by molar-refractivity contribution is -0.116. The van der Waals surface area contributed by atoms with Gasteiger partial charge in [0, 0.05) is 36.6 Å². The van der Waals surface area contributed by atoms with Crippen LogP contribution in [0.4, 0.5) is 5.95 Å². The lowest BCUT2D eigenvalue weighted by Crippen LogP contribution is -2.40. The van der Waals surface area contributed by atoms with Crippen LogP contribution in [-0.2, 0) is 4.79 Å². The molecule has 1 fully saturated rings. The number of carbonyl (C=O) groups is 1. The largest absolute Gasteiger partial charge is 0.497 e. The molecule has 0 spiro atoms. The summed E-state index contributed by atoms with van der Waals surface area (Å²) in [6, 6.07) is 15.8. The van der Waals surface area contributed by atoms with Crippen LogP contribution in [-0.4, -0.2) is 46.7 Å². The third kappa shape index (κ3) is 3.94. The maximum Gasteiger partial charge on any atom is 0.228 e. The van der Waals surface area contributed by atoms with E-state index in [0.29, 0.717) is 12.4 Å². The van der Waals surface area contributed by atoms with Crippen molar-refractivity contribution in [3.05, 3.63) is 48.5 Å². The van der Waals surface area contributed by atoms with Crippen molar-refractivity contribution >= 4 is 34.7 Å². The first-order valence-corrected chi connectivity index (χ1v) is 10.1. The Kier molecular flexibility index (Phi) is 5.31. The highest BCUT2D eigenvalue weighted by Gasteiger charge is 2.19. The van der Waals surface area contributed by atoms with Crippen molar-refractivity contribution in [2.24, 2.45) is 0 Å². The number of hydrogen-bond acceptors (Lipinski definition) is 5. The summed E-state index contributed by atoms with van der Waals surface area (Å²) in [4.78, 5) is 17.3. The van der Waals surface area contributed by atoms with Crippen LogP contribution in [0.1, 0.15) is 6.42 Å². The number of nitrogens with one attached hydrogen (secondary N) is 2. The van der Waals surface area contributed by atoms with E-state index in [0.717, 1.165) is 40.5 Å². The van der Waals surface area contributed by atoms with Gasteiger partial charge in [-0.15, -0.1) is 0 Å². The summed E-state index contributed by atoms with van der Waals surface area (Å²) in [5.41, 5.74) is 2.67. The monoisotopic (exact) mass is 382 g/mol. The van der Waals surface area contributed by atoms with Crippen molar-refractivity contribution in [3.8, 4) is 11.4 Å². The molecule has 3 aromatic rings. The standard InChI is InChI=1S/C20H22N4O2S/c1-26-16-6-4-5-15(12-16)24-18-8-3-2-7-17(18)22-20(24)23-19(25)11-14-13-27-10-9-21-14/h2-8,12,14,21H,9-11,13H2,1H3,(H,22,23,25). The van der Waals surface area contributed by atoms with Crippen molar-refractivity contribution in [3.63, 3.8) is 0 Å². The number of para-hydroxylation sites is 2. The summed E-state index contributed by atoms with van der Waals surface area (Å²) in [5, 5.41) is 6.40. The second kappa shape index (κ2) is 8.02. The van der Waals surface area contributed by atoms with Crippen LogP contribution >= 0.6 is 11.8 Å². The maximum atomic E-state index is 12.6. The number of aromatic nitrogens is 2. The Balaban J connectivity index is 1.66. The number of anilines is 1. The predicted octanol–water partition coefficient (Wildman–Crippen LogP) is 3.07. The summed E-state index contributed by atoms with van der Waals surface area (Å²) >= 11 is 1.88. The molecular weight excluding hydrogens is 360 g/mol. The Morgan fingerprint density at radius 2 is 2.22 bits per heavy atom. The van der Waals surface area contributed by atoms with Crippen LogP contribution in [0.2, 0.25) is 0 Å². The highest BCUT2D eigenvalue weighted by molar-refractivity contribution is 7.99. The zero-order valence-electron chi connectivity index (χ0n) is 15.1. The maximum absolute atomic E-state index is 12.6. The van der Waals surface area contributed by atoms with Crippen molar-refractivity contribution in [2.75, 3.05) is 30.5 Å². The molecule has 1 saturated heterocycles. The molecule has 1 unspecified atom stereocenters. The van der Waals surface area contributed by atoms with E-state index in [4.69, 9.17) is 4.74 Å². The van der Waals surface area contributed by atoms with Gasteiger partial charge >= 0.3 is 0 Å². The summed E-state index contributed by atoms with van der Waals surface area (Å²) < 4.78 is 7.31. The fourth-order valence-electron chi connectivity index (χ4n) is 3.27. The van der Waals surface area contributed by atoms with Crippen LogP contribution in [0.15, 0.2) is 48.5 Å². The molecule has 6 nitrogen and oxygen atoms in total. The minimum atomic E-state index is -0.0329. The fourth-order valence-corrected chi connectivity index (χ4v) is 4.22. The average Bonchev–Trinajstić information content (AvgIpc) is 3.06. The first-order chi connectivity index (χ1) is 13.2. The molecule has 0 saturated carbocycles. The van der Waals surface area contributed by atoms with Gasteiger partial charge in [-0.1, -0.05) is 18.2 Å². The number of amides is 1. The van der Waals surface area contributed by atoms with Gasteiger partial charge in [0.25, 0.3) is 0 Å². The van der Waals surface area contributed by atoms with Crippen molar-refractivity contribution in [1.82, 2.24) is 14.9 Å². The van der Waals surface area contributed by atoms with E-state index in [-0.39, 0.29) is 11.9 Å². The molecule has 1 aliphatic heterocycles. The van der Waals surface area contributed by atoms with Gasteiger partial charge in [0.1, 0.15) is 5.75 Å². The molecule has 1 aliphatic rings. The Morgan fingerprint density at radius 1 is 1.33 bits per heavy atom. The van der Waals surface area contributed by atoms with E-state index >= 15 is 0 Å². The van der Waals surface area contributed by atoms with Gasteiger partial charge in [0.15, 0.2) is 0 Å². The molecule has 0 aliphatic carbocycles. The van der Waals surface area contributed by atoms with Crippen LogP contribution in [0.25, 0.3) is 16.7 Å². The molecule has 27 heavy (non-hydrogen) atoms. The third-order valence-electron chi connectivity index (χ3n) is 4.55. The minimum Gasteiger partial charge on any atom is -0.497 e. The summed E-state index contributed by atoms with van der Waals surface area (Å²) in [6.07, 6.45) is 0.439. The van der Waals surface area contributed by atoms with E-state index in [2.05, 4.69) is 15.6 Å². The quantitative estimate of drug-likeness (QED) is 0.710. The normalized spacial score (nSPS) is 17.0. The van der Waals surface area contributed by atoms with Crippen LogP contribution in [0, 0.1) is 0 Å².